The normalized spacial score (nSPS) is 15.3. The lowest BCUT2D eigenvalue weighted by Crippen LogP contribution is -2.34. The average Bonchev–Trinajstić information content (AvgIpc) is 2.21. The van der Waals surface area contributed by atoms with Crippen LogP contribution < -0.4 is 5.73 Å². The molecule has 1 aromatic heterocycles. The Morgan fingerprint density at radius 2 is 2.20 bits per heavy atom. The Hall–Kier alpha value is -0.600. The van der Waals surface area contributed by atoms with E-state index in [2.05, 4.69) is 25.8 Å². The van der Waals surface area contributed by atoms with Crippen LogP contribution in [0.3, 0.4) is 0 Å². The predicted octanol–water partition coefficient (Wildman–Crippen LogP) is 2.90. The van der Waals surface area contributed by atoms with Crippen molar-refractivity contribution >= 4 is 11.6 Å². The predicted molar refractivity (Wildman–Crippen MR) is 65.0 cm³/mol. The third-order valence-electron chi connectivity index (χ3n) is 3.31. The van der Waals surface area contributed by atoms with Crippen LogP contribution in [0.1, 0.15) is 26.3 Å². The lowest BCUT2D eigenvalue weighted by atomic mass is 9.74. The van der Waals surface area contributed by atoms with Crippen molar-refractivity contribution in [2.75, 3.05) is 6.54 Å². The van der Waals surface area contributed by atoms with Gasteiger partial charge in [0.25, 0.3) is 0 Å². The van der Waals surface area contributed by atoms with Crippen molar-refractivity contribution in [1.29, 1.82) is 0 Å². The van der Waals surface area contributed by atoms with Gasteiger partial charge in [-0.05, 0) is 35.9 Å². The molecule has 0 aliphatic carbocycles. The highest BCUT2D eigenvalue weighted by Crippen LogP contribution is 2.32. The van der Waals surface area contributed by atoms with E-state index >= 15 is 0 Å². The molecule has 0 fully saturated rings. The first-order chi connectivity index (χ1) is 6.99. The molecule has 0 bridgehead atoms. The van der Waals surface area contributed by atoms with Crippen LogP contribution in [0.15, 0.2) is 18.5 Å². The minimum atomic E-state index is 0.102. The third kappa shape index (κ3) is 2.93. The quantitative estimate of drug-likeness (QED) is 0.858. The largest absolute Gasteiger partial charge is 0.330 e. The monoisotopic (exact) mass is 226 g/mol. The molecule has 1 unspecified atom stereocenters. The second-order valence-electron chi connectivity index (χ2n) is 4.66. The van der Waals surface area contributed by atoms with E-state index in [4.69, 9.17) is 17.3 Å². The molecule has 0 spiro atoms. The molecule has 0 aromatic carbocycles. The molecule has 0 aliphatic heterocycles. The number of nitrogens with zero attached hydrogens (tertiary/aromatic N) is 1. The number of aromatic nitrogens is 1. The van der Waals surface area contributed by atoms with Crippen LogP contribution in [-0.2, 0) is 6.42 Å². The highest BCUT2D eigenvalue weighted by Gasteiger charge is 2.27. The van der Waals surface area contributed by atoms with Crippen molar-refractivity contribution < 1.29 is 0 Å². The van der Waals surface area contributed by atoms with Gasteiger partial charge in [-0.1, -0.05) is 32.4 Å². The molecule has 0 saturated carbocycles. The molecule has 2 nitrogen and oxygen atoms in total. The maximum absolute atomic E-state index is 6.09. The Bertz CT molecular complexity index is 325. The minimum Gasteiger partial charge on any atom is -0.330 e. The standard InChI is InChI=1S/C12H19ClN2/c1-9(2)12(3,8-14)6-10-4-5-15-7-11(10)13/h4-5,7,9H,6,8,14H2,1-3H3. The summed E-state index contributed by atoms with van der Waals surface area (Å²) in [6.07, 6.45) is 4.37. The fourth-order valence-corrected chi connectivity index (χ4v) is 1.68. The number of pyridine rings is 1. The summed E-state index contributed by atoms with van der Waals surface area (Å²) in [6, 6.07) is 1.97. The van der Waals surface area contributed by atoms with Crippen molar-refractivity contribution in [3.05, 3.63) is 29.0 Å². The van der Waals surface area contributed by atoms with E-state index in [-0.39, 0.29) is 5.41 Å². The lowest BCUT2D eigenvalue weighted by Gasteiger charge is -2.32. The molecule has 15 heavy (non-hydrogen) atoms. The maximum Gasteiger partial charge on any atom is 0.0621 e. The SMILES string of the molecule is CC(C)C(C)(CN)Cc1ccncc1Cl. The smallest absolute Gasteiger partial charge is 0.0621 e. The molecule has 84 valence electrons. The van der Waals surface area contributed by atoms with Gasteiger partial charge in [-0.15, -0.1) is 0 Å². The Labute approximate surface area is 96.8 Å². The second-order valence-corrected chi connectivity index (χ2v) is 5.06. The molecule has 0 radical (unpaired) electrons. The van der Waals surface area contributed by atoms with Crippen molar-refractivity contribution in [2.24, 2.45) is 17.1 Å². The van der Waals surface area contributed by atoms with E-state index in [1.807, 2.05) is 6.07 Å². The van der Waals surface area contributed by atoms with Gasteiger partial charge in [-0.2, -0.15) is 0 Å². The lowest BCUT2D eigenvalue weighted by molar-refractivity contribution is 0.227. The van der Waals surface area contributed by atoms with Gasteiger partial charge in [0.2, 0.25) is 0 Å². The zero-order valence-electron chi connectivity index (χ0n) is 9.63. The molecule has 0 aliphatic rings. The zero-order valence-corrected chi connectivity index (χ0v) is 10.4. The van der Waals surface area contributed by atoms with Crippen LogP contribution in [0.5, 0.6) is 0 Å². The molecule has 0 saturated heterocycles. The first-order valence-electron chi connectivity index (χ1n) is 5.28. The molecule has 1 heterocycles. The van der Waals surface area contributed by atoms with Crippen molar-refractivity contribution in [3.8, 4) is 0 Å². The first kappa shape index (κ1) is 12.5. The first-order valence-corrected chi connectivity index (χ1v) is 5.66. The highest BCUT2D eigenvalue weighted by molar-refractivity contribution is 6.31. The second kappa shape index (κ2) is 4.95. The Morgan fingerprint density at radius 1 is 1.53 bits per heavy atom. The molecule has 1 atom stereocenters. The summed E-state index contributed by atoms with van der Waals surface area (Å²) in [6.45, 7) is 7.27. The molecular formula is C12H19ClN2. The molecule has 1 aromatic rings. The number of rotatable bonds is 4. The van der Waals surface area contributed by atoms with E-state index in [1.54, 1.807) is 12.4 Å². The van der Waals surface area contributed by atoms with Crippen molar-refractivity contribution in [3.63, 3.8) is 0 Å². The number of hydrogen-bond acceptors (Lipinski definition) is 2. The van der Waals surface area contributed by atoms with E-state index in [9.17, 15) is 0 Å². The van der Waals surface area contributed by atoms with Gasteiger partial charge >= 0.3 is 0 Å². The van der Waals surface area contributed by atoms with E-state index in [0.717, 1.165) is 17.0 Å². The van der Waals surface area contributed by atoms with Crippen LogP contribution >= 0.6 is 11.6 Å². The Kier molecular flexibility index (Phi) is 4.12. The average molecular weight is 227 g/mol. The van der Waals surface area contributed by atoms with E-state index < -0.39 is 0 Å². The summed E-state index contributed by atoms with van der Waals surface area (Å²) in [5.74, 6) is 0.534. The van der Waals surface area contributed by atoms with Crippen LogP contribution in [0, 0.1) is 11.3 Å². The number of nitrogens with two attached hydrogens (primary N) is 1. The van der Waals surface area contributed by atoms with Crippen molar-refractivity contribution in [1.82, 2.24) is 4.98 Å². The van der Waals surface area contributed by atoms with Crippen molar-refractivity contribution in [2.45, 2.75) is 27.2 Å². The van der Waals surface area contributed by atoms with E-state index in [0.29, 0.717) is 12.5 Å². The van der Waals surface area contributed by atoms with Gasteiger partial charge in [-0.3, -0.25) is 4.98 Å². The third-order valence-corrected chi connectivity index (χ3v) is 3.65. The van der Waals surface area contributed by atoms with Gasteiger partial charge in [0, 0.05) is 12.4 Å². The molecule has 2 N–H and O–H groups in total. The van der Waals surface area contributed by atoms with Gasteiger partial charge < -0.3 is 5.73 Å². The summed E-state index contributed by atoms with van der Waals surface area (Å²) in [5, 5.41) is 0.734. The van der Waals surface area contributed by atoms with Gasteiger partial charge in [0.1, 0.15) is 0 Å². The summed E-state index contributed by atoms with van der Waals surface area (Å²) < 4.78 is 0. The molecule has 3 heteroatoms. The van der Waals surface area contributed by atoms with Gasteiger partial charge in [-0.25, -0.2) is 0 Å². The van der Waals surface area contributed by atoms with Crippen LogP contribution in [0.2, 0.25) is 5.02 Å². The van der Waals surface area contributed by atoms with Crippen LogP contribution in [0.4, 0.5) is 0 Å². The number of hydrogen-bond donors (Lipinski definition) is 1. The van der Waals surface area contributed by atoms with Crippen LogP contribution in [-0.4, -0.2) is 11.5 Å². The Balaban J connectivity index is 2.89. The van der Waals surface area contributed by atoms with Gasteiger partial charge in [0.15, 0.2) is 0 Å². The van der Waals surface area contributed by atoms with Gasteiger partial charge in [0.05, 0.1) is 5.02 Å². The van der Waals surface area contributed by atoms with E-state index in [1.165, 1.54) is 0 Å². The number of halogens is 1. The summed E-state index contributed by atoms with van der Waals surface area (Å²) in [4.78, 5) is 3.98. The fourth-order valence-electron chi connectivity index (χ4n) is 1.49. The summed E-state index contributed by atoms with van der Waals surface area (Å²) >= 11 is 6.09. The fraction of sp³-hybridized carbons (Fsp3) is 0.583. The topological polar surface area (TPSA) is 38.9 Å². The maximum atomic E-state index is 6.09. The Morgan fingerprint density at radius 3 is 2.67 bits per heavy atom. The molecule has 0 amide bonds. The van der Waals surface area contributed by atoms with Crippen LogP contribution in [0.25, 0.3) is 0 Å². The molecule has 1 rings (SSSR count). The minimum absolute atomic E-state index is 0.102. The molecular weight excluding hydrogens is 208 g/mol. The summed E-state index contributed by atoms with van der Waals surface area (Å²) in [5.41, 5.74) is 7.08. The zero-order chi connectivity index (χ0) is 11.5. The summed E-state index contributed by atoms with van der Waals surface area (Å²) in [7, 11) is 0. The highest BCUT2D eigenvalue weighted by atomic mass is 35.5.